The molecule has 0 aliphatic rings. The molecule has 0 spiro atoms. The van der Waals surface area contributed by atoms with Crippen molar-refractivity contribution in [3.8, 4) is 0 Å². The van der Waals surface area contributed by atoms with Crippen LogP contribution in [0.4, 0.5) is 5.69 Å². The maximum Gasteiger partial charge on any atom is 0.345 e. The van der Waals surface area contributed by atoms with E-state index in [9.17, 15) is 4.79 Å². The molecule has 0 saturated carbocycles. The smallest absolute Gasteiger partial charge is 0.345 e. The van der Waals surface area contributed by atoms with Gasteiger partial charge in [-0.15, -0.1) is 0 Å². The van der Waals surface area contributed by atoms with Crippen molar-refractivity contribution in [1.29, 1.82) is 0 Å². The number of hydrogen-bond donors (Lipinski definition) is 0. The van der Waals surface area contributed by atoms with E-state index >= 15 is 0 Å². The van der Waals surface area contributed by atoms with Crippen LogP contribution in [0.2, 0.25) is 0 Å². The molecule has 0 heterocycles. The number of hydrogen-bond acceptors (Lipinski definition) is 1. The number of benzene rings is 1. The van der Waals surface area contributed by atoms with Gasteiger partial charge in [-0.25, -0.2) is 0 Å². The Kier molecular flexibility index (Phi) is 3.37. The zero-order valence-corrected chi connectivity index (χ0v) is 9.06. The van der Waals surface area contributed by atoms with E-state index in [4.69, 9.17) is 5.53 Å². The van der Waals surface area contributed by atoms with Gasteiger partial charge in [0, 0.05) is 12.7 Å². The third kappa shape index (κ3) is 2.30. The lowest BCUT2D eigenvalue weighted by Gasteiger charge is -2.17. The van der Waals surface area contributed by atoms with Crippen LogP contribution in [0.1, 0.15) is 11.1 Å². The molecule has 1 aromatic rings. The second-order valence-corrected chi connectivity index (χ2v) is 3.36. The zero-order valence-electron chi connectivity index (χ0n) is 9.06. The average Bonchev–Trinajstić information content (AvgIpc) is 2.21. The third-order valence-corrected chi connectivity index (χ3v) is 2.44. The number of carbonyl (C=O) groups excluding carboxylic acids is 1. The molecule has 0 aliphatic carbocycles. The Morgan fingerprint density at radius 1 is 1.47 bits per heavy atom. The van der Waals surface area contributed by atoms with E-state index in [2.05, 4.69) is 4.79 Å². The molecular weight excluding hydrogens is 190 g/mol. The number of carbonyl (C=O) groups is 1. The van der Waals surface area contributed by atoms with Crippen LogP contribution in [0.5, 0.6) is 0 Å². The van der Waals surface area contributed by atoms with Crippen LogP contribution < -0.4 is 4.90 Å². The Bertz CT molecular complexity index is 433. The first-order valence-corrected chi connectivity index (χ1v) is 4.59. The minimum absolute atomic E-state index is 0.355. The first-order valence-electron chi connectivity index (χ1n) is 4.59. The molecule has 4 heteroatoms. The molecule has 15 heavy (non-hydrogen) atoms. The summed E-state index contributed by atoms with van der Waals surface area (Å²) < 4.78 is 0. The molecule has 1 amide bonds. The van der Waals surface area contributed by atoms with Gasteiger partial charge in [0.05, 0.1) is 0 Å². The highest BCUT2D eigenvalue weighted by molar-refractivity contribution is 6.30. The van der Waals surface area contributed by atoms with Crippen molar-refractivity contribution >= 4 is 17.8 Å². The predicted molar refractivity (Wildman–Crippen MR) is 59.0 cm³/mol. The largest absolute Gasteiger partial charge is 0.361 e. The second kappa shape index (κ2) is 4.53. The quantitative estimate of drug-likeness (QED) is 0.409. The summed E-state index contributed by atoms with van der Waals surface area (Å²) in [7, 11) is 1.64. The van der Waals surface area contributed by atoms with Crippen LogP contribution >= 0.6 is 0 Å². The molecule has 0 N–H and O–H groups in total. The van der Waals surface area contributed by atoms with Gasteiger partial charge in [0.15, 0.2) is 0 Å². The number of aryl methyl sites for hydroxylation is 1. The van der Waals surface area contributed by atoms with E-state index in [-0.39, 0.29) is 5.91 Å². The Labute approximate surface area is 88.8 Å². The molecule has 78 valence electrons. The van der Waals surface area contributed by atoms with E-state index in [1.165, 1.54) is 4.90 Å². The summed E-state index contributed by atoms with van der Waals surface area (Å²) in [4.78, 5) is 15.6. The van der Waals surface area contributed by atoms with Crippen molar-refractivity contribution in [1.82, 2.24) is 0 Å². The minimum Gasteiger partial charge on any atom is -0.361 e. The van der Waals surface area contributed by atoms with E-state index < -0.39 is 0 Å². The third-order valence-electron chi connectivity index (χ3n) is 2.44. The number of rotatable bonds is 2. The molecule has 0 fully saturated rings. The fourth-order valence-electron chi connectivity index (χ4n) is 1.35. The molecule has 4 nitrogen and oxygen atoms in total. The van der Waals surface area contributed by atoms with Gasteiger partial charge in [-0.3, -0.25) is 4.79 Å². The SMILES string of the molecule is Cc1cccc(N(C)C(=O)C=[N+]=[N-])c1C. The van der Waals surface area contributed by atoms with Crippen LogP contribution in [0.3, 0.4) is 0 Å². The summed E-state index contributed by atoms with van der Waals surface area (Å²) in [6, 6.07) is 5.72. The van der Waals surface area contributed by atoms with Gasteiger partial charge in [-0.1, -0.05) is 12.1 Å². The number of anilines is 1. The highest BCUT2D eigenvalue weighted by Crippen LogP contribution is 2.21. The lowest BCUT2D eigenvalue weighted by atomic mass is 10.1. The summed E-state index contributed by atoms with van der Waals surface area (Å²) in [5.41, 5.74) is 11.3. The van der Waals surface area contributed by atoms with E-state index in [0.717, 1.165) is 23.0 Å². The summed E-state index contributed by atoms with van der Waals surface area (Å²) in [5.74, 6) is -0.355. The van der Waals surface area contributed by atoms with Gasteiger partial charge in [0.2, 0.25) is 0 Å². The van der Waals surface area contributed by atoms with Crippen molar-refractivity contribution < 1.29 is 9.58 Å². The first-order chi connectivity index (χ1) is 7.07. The average molecular weight is 203 g/mol. The monoisotopic (exact) mass is 203 g/mol. The summed E-state index contributed by atoms with van der Waals surface area (Å²) in [6.07, 6.45) is 0.877. The van der Waals surface area contributed by atoms with Crippen LogP contribution in [-0.2, 0) is 4.79 Å². The summed E-state index contributed by atoms with van der Waals surface area (Å²) >= 11 is 0. The summed E-state index contributed by atoms with van der Waals surface area (Å²) in [5, 5.41) is 0. The maximum absolute atomic E-state index is 11.4. The van der Waals surface area contributed by atoms with Gasteiger partial charge >= 0.3 is 12.1 Å². The van der Waals surface area contributed by atoms with Gasteiger partial charge in [-0.05, 0) is 31.0 Å². The fraction of sp³-hybridized carbons (Fsp3) is 0.273. The minimum atomic E-state index is -0.355. The van der Waals surface area contributed by atoms with Gasteiger partial charge in [0.25, 0.3) is 0 Å². The molecule has 0 aliphatic heterocycles. The van der Waals surface area contributed by atoms with Crippen LogP contribution in [-0.4, -0.2) is 24.0 Å². The Balaban J connectivity index is 3.11. The molecule has 0 aromatic heterocycles. The van der Waals surface area contributed by atoms with Gasteiger partial charge in [0.1, 0.15) is 0 Å². The lowest BCUT2D eigenvalue weighted by Crippen LogP contribution is -2.28. The van der Waals surface area contributed by atoms with Crippen molar-refractivity contribution in [3.05, 3.63) is 34.9 Å². The zero-order chi connectivity index (χ0) is 11.4. The van der Waals surface area contributed by atoms with Crippen molar-refractivity contribution in [2.24, 2.45) is 0 Å². The Hall–Kier alpha value is -1.93. The Morgan fingerprint density at radius 3 is 2.73 bits per heavy atom. The molecule has 1 aromatic carbocycles. The van der Waals surface area contributed by atoms with E-state index in [1.807, 2.05) is 32.0 Å². The van der Waals surface area contributed by atoms with Gasteiger partial charge < -0.3 is 10.4 Å². The van der Waals surface area contributed by atoms with Crippen molar-refractivity contribution in [2.75, 3.05) is 11.9 Å². The number of nitrogens with zero attached hydrogens (tertiary/aromatic N) is 3. The molecule has 0 atom stereocenters. The molecule has 0 unspecified atom stereocenters. The van der Waals surface area contributed by atoms with Crippen molar-refractivity contribution in [3.63, 3.8) is 0 Å². The van der Waals surface area contributed by atoms with Gasteiger partial charge in [-0.2, -0.15) is 4.79 Å². The van der Waals surface area contributed by atoms with Crippen LogP contribution in [0.25, 0.3) is 5.53 Å². The van der Waals surface area contributed by atoms with Crippen LogP contribution in [0.15, 0.2) is 18.2 Å². The summed E-state index contributed by atoms with van der Waals surface area (Å²) in [6.45, 7) is 3.93. The maximum atomic E-state index is 11.4. The molecule has 0 saturated heterocycles. The normalized spacial score (nSPS) is 9.27. The van der Waals surface area contributed by atoms with Crippen LogP contribution in [0, 0.1) is 13.8 Å². The topological polar surface area (TPSA) is 56.7 Å². The lowest BCUT2D eigenvalue weighted by molar-refractivity contribution is -0.115. The molecule has 1 rings (SSSR count). The van der Waals surface area contributed by atoms with E-state index in [0.29, 0.717) is 0 Å². The second-order valence-electron chi connectivity index (χ2n) is 3.36. The standard InChI is InChI=1S/C11H13N3O/c1-8-5-4-6-10(9(8)2)14(3)11(15)7-13-12/h4-7H,1-3H3. The highest BCUT2D eigenvalue weighted by Gasteiger charge is 2.14. The number of amides is 1. The highest BCUT2D eigenvalue weighted by atomic mass is 16.2. The molecule has 0 bridgehead atoms. The molecule has 0 radical (unpaired) electrons. The fourth-order valence-corrected chi connectivity index (χ4v) is 1.35. The predicted octanol–water partition coefficient (Wildman–Crippen LogP) is 1.57. The first kappa shape index (κ1) is 11.1. The Morgan fingerprint density at radius 2 is 2.13 bits per heavy atom. The van der Waals surface area contributed by atoms with Crippen molar-refractivity contribution in [2.45, 2.75) is 13.8 Å². The van der Waals surface area contributed by atoms with E-state index in [1.54, 1.807) is 7.05 Å². The molecular formula is C11H13N3O.